The van der Waals surface area contributed by atoms with Crippen molar-refractivity contribution < 1.29 is 14.3 Å². The van der Waals surface area contributed by atoms with Crippen LogP contribution >= 0.6 is 0 Å². The summed E-state index contributed by atoms with van der Waals surface area (Å²) in [6, 6.07) is 1.79. The van der Waals surface area contributed by atoms with E-state index < -0.39 is 5.97 Å². The van der Waals surface area contributed by atoms with Crippen molar-refractivity contribution in [3.63, 3.8) is 0 Å². The van der Waals surface area contributed by atoms with Crippen LogP contribution < -0.4 is 4.74 Å². The van der Waals surface area contributed by atoms with Gasteiger partial charge in [-0.3, -0.25) is 0 Å². The molecule has 0 amide bonds. The molecule has 0 fully saturated rings. The quantitative estimate of drug-likeness (QED) is 0.420. The minimum atomic E-state index is -0.433. The Morgan fingerprint density at radius 1 is 1.62 bits per heavy atom. The molecule has 1 aromatic heterocycles. The molecule has 1 aromatic rings. The maximum atomic E-state index is 10.6. The van der Waals surface area contributed by atoms with Crippen LogP contribution in [0.5, 0.6) is 5.75 Å². The van der Waals surface area contributed by atoms with Crippen LogP contribution in [0.3, 0.4) is 0 Å². The second-order valence-electron chi connectivity index (χ2n) is 2.27. The largest absolute Gasteiger partial charge is 0.488 e. The lowest BCUT2D eigenvalue weighted by molar-refractivity contribution is -0.138. The molecule has 0 bridgehead atoms. The van der Waals surface area contributed by atoms with Crippen molar-refractivity contribution in [2.75, 3.05) is 13.2 Å². The van der Waals surface area contributed by atoms with E-state index in [1.54, 1.807) is 18.5 Å². The molecule has 0 spiro atoms. The normalized spacial score (nSPS) is 9.23. The highest BCUT2D eigenvalue weighted by molar-refractivity contribution is 5.81. The maximum absolute atomic E-state index is 10.6. The van der Waals surface area contributed by atoms with Crippen LogP contribution in [0.4, 0.5) is 0 Å². The van der Waals surface area contributed by atoms with Crippen LogP contribution in [0.25, 0.3) is 0 Å². The van der Waals surface area contributed by atoms with E-state index in [1.807, 2.05) is 0 Å². The molecule has 0 saturated heterocycles. The highest BCUT2D eigenvalue weighted by Crippen LogP contribution is 2.06. The summed E-state index contributed by atoms with van der Waals surface area (Å²) in [4.78, 5) is 13.4. The summed E-state index contributed by atoms with van der Waals surface area (Å²) in [6.45, 7) is 3.85. The van der Waals surface area contributed by atoms with Crippen molar-refractivity contribution in [1.82, 2.24) is 4.98 Å². The molecule has 13 heavy (non-hydrogen) atoms. The molecule has 1 heterocycles. The van der Waals surface area contributed by atoms with Gasteiger partial charge >= 0.3 is 5.97 Å². The van der Waals surface area contributed by atoms with Crippen molar-refractivity contribution in [1.29, 1.82) is 0 Å². The number of carbonyl (C=O) groups is 1. The number of aromatic amines is 1. The summed E-state index contributed by atoms with van der Waals surface area (Å²) >= 11 is 0. The third-order valence-corrected chi connectivity index (χ3v) is 1.33. The van der Waals surface area contributed by atoms with Gasteiger partial charge in [0, 0.05) is 18.5 Å². The molecule has 1 N–H and O–H groups in total. The Bertz CT molecular complexity index is 266. The topological polar surface area (TPSA) is 51.3 Å². The first-order chi connectivity index (χ1) is 6.33. The highest BCUT2D eigenvalue weighted by Gasteiger charge is 1.96. The molecule has 0 aromatic carbocycles. The summed E-state index contributed by atoms with van der Waals surface area (Å²) in [5.74, 6) is 0.298. The summed E-state index contributed by atoms with van der Waals surface area (Å²) < 4.78 is 9.90. The SMILES string of the molecule is C=CC(=O)OCCOc1cc[nH]c1. The average Bonchev–Trinajstić information content (AvgIpc) is 2.64. The molecule has 1 rings (SSSR count). The van der Waals surface area contributed by atoms with E-state index in [-0.39, 0.29) is 6.61 Å². The number of H-pyrrole nitrogens is 1. The van der Waals surface area contributed by atoms with E-state index in [1.165, 1.54) is 0 Å². The molecule has 0 aliphatic rings. The lowest BCUT2D eigenvalue weighted by Crippen LogP contribution is -2.09. The number of carbonyl (C=O) groups excluding carboxylic acids is 1. The lowest BCUT2D eigenvalue weighted by atomic mass is 10.6. The van der Waals surface area contributed by atoms with Gasteiger partial charge in [0.05, 0.1) is 0 Å². The fourth-order valence-corrected chi connectivity index (χ4v) is 0.759. The predicted molar refractivity (Wildman–Crippen MR) is 47.4 cm³/mol. The van der Waals surface area contributed by atoms with E-state index in [9.17, 15) is 4.79 Å². The van der Waals surface area contributed by atoms with E-state index in [4.69, 9.17) is 9.47 Å². The van der Waals surface area contributed by atoms with Gasteiger partial charge in [0.25, 0.3) is 0 Å². The molecule has 4 heteroatoms. The number of hydrogen-bond acceptors (Lipinski definition) is 3. The lowest BCUT2D eigenvalue weighted by Gasteiger charge is -2.03. The zero-order valence-corrected chi connectivity index (χ0v) is 7.16. The minimum absolute atomic E-state index is 0.232. The Balaban J connectivity index is 2.08. The maximum Gasteiger partial charge on any atom is 0.330 e. The number of hydrogen-bond donors (Lipinski definition) is 1. The molecule has 0 atom stereocenters. The summed E-state index contributed by atoms with van der Waals surface area (Å²) in [5, 5.41) is 0. The van der Waals surface area contributed by atoms with Gasteiger partial charge in [-0.05, 0) is 6.07 Å². The third-order valence-electron chi connectivity index (χ3n) is 1.33. The number of ether oxygens (including phenoxy) is 2. The van der Waals surface area contributed by atoms with Gasteiger partial charge < -0.3 is 14.5 Å². The van der Waals surface area contributed by atoms with Crippen molar-refractivity contribution in [3.8, 4) is 5.75 Å². The van der Waals surface area contributed by atoms with Gasteiger partial charge in [-0.15, -0.1) is 0 Å². The predicted octanol–water partition coefficient (Wildman–Crippen LogP) is 1.12. The fourth-order valence-electron chi connectivity index (χ4n) is 0.759. The first-order valence-corrected chi connectivity index (χ1v) is 3.87. The summed E-state index contributed by atoms with van der Waals surface area (Å²) in [7, 11) is 0. The van der Waals surface area contributed by atoms with Crippen LogP contribution in [-0.4, -0.2) is 24.2 Å². The molecule has 0 aliphatic heterocycles. The first kappa shape index (κ1) is 9.38. The van der Waals surface area contributed by atoms with Gasteiger partial charge in [0.15, 0.2) is 0 Å². The van der Waals surface area contributed by atoms with Crippen LogP contribution in [0.1, 0.15) is 0 Å². The summed E-state index contributed by atoms with van der Waals surface area (Å²) in [5.41, 5.74) is 0. The molecular formula is C9H11NO3. The van der Waals surface area contributed by atoms with Gasteiger partial charge in [-0.1, -0.05) is 6.58 Å². The van der Waals surface area contributed by atoms with Crippen LogP contribution in [0.15, 0.2) is 31.1 Å². The first-order valence-electron chi connectivity index (χ1n) is 3.87. The zero-order valence-electron chi connectivity index (χ0n) is 7.16. The third kappa shape index (κ3) is 3.46. The highest BCUT2D eigenvalue weighted by atomic mass is 16.6. The van der Waals surface area contributed by atoms with Gasteiger partial charge in [-0.2, -0.15) is 0 Å². The van der Waals surface area contributed by atoms with E-state index in [0.29, 0.717) is 6.61 Å². The molecule has 0 saturated carbocycles. The molecule has 4 nitrogen and oxygen atoms in total. The van der Waals surface area contributed by atoms with Crippen molar-refractivity contribution in [2.24, 2.45) is 0 Å². The Morgan fingerprint density at radius 3 is 3.08 bits per heavy atom. The summed E-state index contributed by atoms with van der Waals surface area (Å²) in [6.07, 6.45) is 4.59. The Morgan fingerprint density at radius 2 is 2.46 bits per heavy atom. The minimum Gasteiger partial charge on any atom is -0.488 e. The van der Waals surface area contributed by atoms with Crippen LogP contribution in [0.2, 0.25) is 0 Å². The average molecular weight is 181 g/mol. The fraction of sp³-hybridized carbons (Fsp3) is 0.222. The number of aromatic nitrogens is 1. The van der Waals surface area contributed by atoms with Crippen molar-refractivity contribution in [3.05, 3.63) is 31.1 Å². The van der Waals surface area contributed by atoms with Gasteiger partial charge in [0.1, 0.15) is 19.0 Å². The van der Waals surface area contributed by atoms with Gasteiger partial charge in [0.2, 0.25) is 0 Å². The molecule has 0 radical (unpaired) electrons. The molecular weight excluding hydrogens is 170 g/mol. The molecule has 70 valence electrons. The van der Waals surface area contributed by atoms with Crippen LogP contribution in [0, 0.1) is 0 Å². The molecule has 0 unspecified atom stereocenters. The van der Waals surface area contributed by atoms with E-state index in [2.05, 4.69) is 11.6 Å². The smallest absolute Gasteiger partial charge is 0.330 e. The Kier molecular flexibility index (Phi) is 3.63. The Hall–Kier alpha value is -1.71. The monoisotopic (exact) mass is 181 g/mol. The van der Waals surface area contributed by atoms with Crippen molar-refractivity contribution >= 4 is 5.97 Å². The second kappa shape index (κ2) is 5.03. The Labute approximate surface area is 76.2 Å². The second-order valence-corrected chi connectivity index (χ2v) is 2.27. The van der Waals surface area contributed by atoms with Gasteiger partial charge in [-0.25, -0.2) is 4.79 Å². The van der Waals surface area contributed by atoms with Crippen molar-refractivity contribution in [2.45, 2.75) is 0 Å². The van der Waals surface area contributed by atoms with Crippen LogP contribution in [-0.2, 0) is 9.53 Å². The number of nitrogens with one attached hydrogen (secondary N) is 1. The number of rotatable bonds is 5. The standard InChI is InChI=1S/C9H11NO3/c1-2-9(11)13-6-5-12-8-3-4-10-7-8/h2-4,7,10H,1,5-6H2. The number of esters is 1. The zero-order chi connectivity index (χ0) is 9.52. The molecule has 0 aliphatic carbocycles. The van der Waals surface area contributed by atoms with E-state index >= 15 is 0 Å². The van der Waals surface area contributed by atoms with E-state index in [0.717, 1.165) is 11.8 Å².